The smallest absolute Gasteiger partial charge is 0.226 e. The number of amides is 2. The van der Waals surface area contributed by atoms with Crippen LogP contribution in [0.15, 0.2) is 67.0 Å². The minimum absolute atomic E-state index is 0.138. The van der Waals surface area contributed by atoms with Gasteiger partial charge in [-0.25, -0.2) is 4.52 Å². The molecule has 0 spiro atoms. The molecular weight excluding hydrogens is 689 g/mol. The molecule has 0 atom stereocenters. The molecule has 3 aliphatic rings. The van der Waals surface area contributed by atoms with Gasteiger partial charge in [0, 0.05) is 76.2 Å². The predicted molar refractivity (Wildman–Crippen MR) is 203 cm³/mol. The molecule has 7 heterocycles. The molecule has 15 heteroatoms. The van der Waals surface area contributed by atoms with Crippen LogP contribution in [0.5, 0.6) is 0 Å². The Morgan fingerprint density at radius 1 is 0.887 bits per heavy atom. The van der Waals surface area contributed by atoms with Crippen molar-refractivity contribution in [2.75, 3.05) is 67.5 Å². The minimum Gasteiger partial charge on any atom is -0.372 e. The summed E-state index contributed by atoms with van der Waals surface area (Å²) in [7, 11) is 0. The van der Waals surface area contributed by atoms with Gasteiger partial charge in [-0.2, -0.15) is 15.6 Å². The summed E-state index contributed by atoms with van der Waals surface area (Å²) in [6, 6.07) is 22.6. The van der Waals surface area contributed by atoms with Gasteiger partial charge in [-0.05, 0) is 61.6 Å². The predicted octanol–water partition coefficient (Wildman–Crippen LogP) is 4.57. The Labute approximate surface area is 311 Å². The van der Waals surface area contributed by atoms with E-state index in [0.717, 1.165) is 84.3 Å². The lowest BCUT2D eigenvalue weighted by Crippen LogP contribution is -2.49. The van der Waals surface area contributed by atoms with E-state index >= 15 is 0 Å². The minimum atomic E-state index is -0.138. The Balaban J connectivity index is 0.000000483. The van der Waals surface area contributed by atoms with E-state index in [0.29, 0.717) is 30.5 Å². The number of hydrogen-bond acceptors (Lipinski definition) is 13. The lowest BCUT2D eigenvalue weighted by Gasteiger charge is -2.39. The maximum Gasteiger partial charge on any atom is 0.226 e. The van der Waals surface area contributed by atoms with Crippen LogP contribution in [-0.4, -0.2) is 93.9 Å². The number of piperidine rings is 2. The molecule has 270 valence electrons. The van der Waals surface area contributed by atoms with Crippen molar-refractivity contribution in [2.45, 2.75) is 32.1 Å². The van der Waals surface area contributed by atoms with Crippen LogP contribution < -0.4 is 20.4 Å². The van der Waals surface area contributed by atoms with E-state index in [9.17, 15) is 20.1 Å². The van der Waals surface area contributed by atoms with Crippen molar-refractivity contribution in [2.24, 2.45) is 5.92 Å². The third kappa shape index (κ3) is 8.60. The van der Waals surface area contributed by atoms with Gasteiger partial charge in [0.05, 0.1) is 40.3 Å². The lowest BCUT2D eigenvalue weighted by molar-refractivity contribution is -0.132. The van der Waals surface area contributed by atoms with Gasteiger partial charge in [-0.15, -0.1) is 10.2 Å². The molecular formula is C38H40N12O2S. The molecule has 5 aromatic rings. The van der Waals surface area contributed by atoms with Crippen LogP contribution >= 0.6 is 11.3 Å². The number of aromatic nitrogens is 5. The van der Waals surface area contributed by atoms with E-state index in [1.54, 1.807) is 28.1 Å². The van der Waals surface area contributed by atoms with Crippen molar-refractivity contribution in [3.8, 4) is 34.1 Å². The highest BCUT2D eigenvalue weighted by Crippen LogP contribution is 2.36. The fourth-order valence-electron chi connectivity index (χ4n) is 6.94. The lowest BCUT2D eigenvalue weighted by atomic mass is 9.95. The average Bonchev–Trinajstić information content (AvgIpc) is 3.86. The Hall–Kier alpha value is -5.90. The number of carbonyl (C=O) groups is 2. The third-order valence-electron chi connectivity index (χ3n) is 9.78. The van der Waals surface area contributed by atoms with Gasteiger partial charge in [-0.3, -0.25) is 24.8 Å². The van der Waals surface area contributed by atoms with Gasteiger partial charge in [0.25, 0.3) is 0 Å². The number of fused-ring (bicyclic) bond motifs is 1. The van der Waals surface area contributed by atoms with Crippen molar-refractivity contribution < 1.29 is 9.59 Å². The number of piperazine rings is 1. The second kappa shape index (κ2) is 16.6. The molecule has 3 fully saturated rings. The number of anilines is 3. The largest absolute Gasteiger partial charge is 0.372 e. The first kappa shape index (κ1) is 35.5. The molecule has 3 aliphatic heterocycles. The molecule has 0 saturated carbocycles. The maximum absolute atomic E-state index is 10.3. The third-order valence-corrected chi connectivity index (χ3v) is 10.8. The van der Waals surface area contributed by atoms with Gasteiger partial charge < -0.3 is 15.1 Å². The number of carbonyl (C=O) groups excluding carboxylic acids is 2. The number of para-hydroxylation sites is 1. The van der Waals surface area contributed by atoms with E-state index in [4.69, 9.17) is 4.98 Å². The summed E-state index contributed by atoms with van der Waals surface area (Å²) in [6.07, 6.45) is 7.52. The van der Waals surface area contributed by atoms with Crippen molar-refractivity contribution in [1.29, 1.82) is 10.5 Å². The molecule has 0 radical (unpaired) electrons. The highest BCUT2D eigenvalue weighted by atomic mass is 32.1. The number of pyridine rings is 1. The van der Waals surface area contributed by atoms with Crippen molar-refractivity contribution in [3.05, 3.63) is 72.6 Å². The number of hydrogen-bond donors (Lipinski definition) is 2. The molecule has 14 nitrogen and oxygen atoms in total. The molecule has 3 saturated heterocycles. The Morgan fingerprint density at radius 3 is 2.36 bits per heavy atom. The van der Waals surface area contributed by atoms with Crippen LogP contribution in [0.4, 0.5) is 16.5 Å². The van der Waals surface area contributed by atoms with Crippen LogP contribution in [0.2, 0.25) is 0 Å². The molecule has 8 rings (SSSR count). The fourth-order valence-corrected chi connectivity index (χ4v) is 7.86. The standard InChI is InChI=1S/C33H33N11S.C5H7NO2/c34-10-11-36-29-19-30(31-7-6-27-18-25(20-35)21-38-44(27)31)37-22-28(29)32-39-40-33(45-32)43-16-14-41(15-17-43)23-24-8-12-42(13-9-24)26-4-2-1-3-5-26;7-4-2-1-3-5(8)6-4/h1-7,18-19,21-22,24H,8-9,11-17,23H2,(H,36,37);1-3H2,(H,6,7,8). The Morgan fingerprint density at radius 2 is 1.66 bits per heavy atom. The van der Waals surface area contributed by atoms with E-state index in [1.807, 2.05) is 18.2 Å². The fraction of sp³-hybridized carbons (Fsp3) is 0.368. The number of imide groups is 1. The summed E-state index contributed by atoms with van der Waals surface area (Å²) in [6.45, 7) is 7.47. The Bertz CT molecular complexity index is 2120. The van der Waals surface area contributed by atoms with Crippen molar-refractivity contribution >= 4 is 45.2 Å². The first-order chi connectivity index (χ1) is 26.0. The summed E-state index contributed by atoms with van der Waals surface area (Å²) >= 11 is 1.55. The van der Waals surface area contributed by atoms with Crippen molar-refractivity contribution in [1.82, 2.24) is 35.0 Å². The molecule has 2 N–H and O–H groups in total. The normalized spacial score (nSPS) is 16.7. The Kier molecular flexibility index (Phi) is 11.1. The van der Waals surface area contributed by atoms with Gasteiger partial charge in [-0.1, -0.05) is 29.5 Å². The summed E-state index contributed by atoms with van der Waals surface area (Å²) < 4.78 is 1.76. The van der Waals surface area contributed by atoms with Gasteiger partial charge in [0.15, 0.2) is 5.01 Å². The van der Waals surface area contributed by atoms with E-state index in [-0.39, 0.29) is 18.4 Å². The molecule has 1 aromatic carbocycles. The van der Waals surface area contributed by atoms with Gasteiger partial charge in [0.1, 0.15) is 12.6 Å². The monoisotopic (exact) mass is 728 g/mol. The highest BCUT2D eigenvalue weighted by molar-refractivity contribution is 7.18. The zero-order valence-electron chi connectivity index (χ0n) is 29.3. The summed E-state index contributed by atoms with van der Waals surface area (Å²) in [5, 5.41) is 39.1. The number of benzene rings is 1. The van der Waals surface area contributed by atoms with E-state index in [1.165, 1.54) is 24.7 Å². The van der Waals surface area contributed by atoms with Crippen LogP contribution in [0, 0.1) is 28.6 Å². The number of nitriles is 2. The molecule has 53 heavy (non-hydrogen) atoms. The summed E-state index contributed by atoms with van der Waals surface area (Å²) in [4.78, 5) is 32.9. The molecule has 4 aromatic heterocycles. The van der Waals surface area contributed by atoms with Crippen LogP contribution in [0.3, 0.4) is 0 Å². The summed E-state index contributed by atoms with van der Waals surface area (Å²) in [5.74, 6) is 0.470. The second-order valence-corrected chi connectivity index (χ2v) is 14.3. The van der Waals surface area contributed by atoms with Crippen LogP contribution in [-0.2, 0) is 9.59 Å². The van der Waals surface area contributed by atoms with E-state index < -0.39 is 0 Å². The van der Waals surface area contributed by atoms with Gasteiger partial charge in [0.2, 0.25) is 16.9 Å². The second-order valence-electron chi connectivity index (χ2n) is 13.3. The molecule has 0 bridgehead atoms. The molecule has 2 amide bonds. The highest BCUT2D eigenvalue weighted by Gasteiger charge is 2.26. The zero-order chi connectivity index (χ0) is 36.6. The average molecular weight is 729 g/mol. The van der Waals surface area contributed by atoms with Gasteiger partial charge >= 0.3 is 0 Å². The van der Waals surface area contributed by atoms with Crippen LogP contribution in [0.1, 0.15) is 37.7 Å². The van der Waals surface area contributed by atoms with Crippen LogP contribution in [0.25, 0.3) is 27.5 Å². The zero-order valence-corrected chi connectivity index (χ0v) is 30.1. The number of rotatable bonds is 8. The van der Waals surface area contributed by atoms with Crippen molar-refractivity contribution in [3.63, 3.8) is 0 Å². The van der Waals surface area contributed by atoms with E-state index in [2.05, 4.69) is 83.1 Å². The molecule has 0 aliphatic carbocycles. The first-order valence-corrected chi connectivity index (χ1v) is 18.7. The quantitative estimate of drug-likeness (QED) is 0.169. The summed E-state index contributed by atoms with van der Waals surface area (Å²) in [5.41, 5.74) is 5.70. The maximum atomic E-state index is 10.3. The topological polar surface area (TPSA) is 171 Å². The number of nitrogens with one attached hydrogen (secondary N) is 2. The number of nitrogens with zero attached hydrogens (tertiary/aromatic N) is 10. The first-order valence-electron chi connectivity index (χ1n) is 17.9. The molecule has 0 unspecified atom stereocenters. The SMILES string of the molecule is N#CCNc1cc(-c2ccc3cc(C#N)cnn23)ncc1-c1nnc(N2CCN(CC3CCN(c4ccccc4)CC3)CC2)s1.O=C1CCCC(=O)N1.